The maximum absolute atomic E-state index is 11.7. The zero-order chi connectivity index (χ0) is 44.2. The van der Waals surface area contributed by atoms with Gasteiger partial charge in [-0.1, -0.05) is 136 Å². The quantitative estimate of drug-likeness (QED) is 0.158. The van der Waals surface area contributed by atoms with Crippen LogP contribution in [0.3, 0.4) is 0 Å². The second kappa shape index (κ2) is 16.2. The topological polar surface area (TPSA) is 50.9 Å². The van der Waals surface area contributed by atoms with Gasteiger partial charge in [-0.05, 0) is 148 Å². The molecule has 0 spiro atoms. The Morgan fingerprint density at radius 2 is 1.16 bits per heavy atom. The van der Waals surface area contributed by atoms with Crippen LogP contribution in [0.15, 0.2) is 164 Å². The van der Waals surface area contributed by atoms with Gasteiger partial charge in [0.2, 0.25) is 0 Å². The van der Waals surface area contributed by atoms with Gasteiger partial charge in [0.1, 0.15) is 11.6 Å². The number of pyridine rings is 1. The highest BCUT2D eigenvalue weighted by Gasteiger charge is 2.23. The van der Waals surface area contributed by atoms with Gasteiger partial charge in [0.25, 0.3) is 0 Å². The van der Waals surface area contributed by atoms with E-state index in [-0.39, 0.29) is 5.75 Å². The Balaban J connectivity index is 1.26. The van der Waals surface area contributed by atoms with Crippen molar-refractivity contribution in [2.75, 3.05) is 0 Å². The molecule has 0 saturated heterocycles. The Labute approximate surface area is 362 Å². The zero-order valence-corrected chi connectivity index (χ0v) is 35.9. The van der Waals surface area contributed by atoms with Crippen molar-refractivity contribution in [2.45, 2.75) is 60.3 Å². The van der Waals surface area contributed by atoms with Crippen LogP contribution in [0.2, 0.25) is 0 Å². The van der Waals surface area contributed by atoms with Crippen molar-refractivity contribution in [2.24, 2.45) is 0 Å². The summed E-state index contributed by atoms with van der Waals surface area (Å²) in [5.74, 6) is -0.936. The summed E-state index contributed by atoms with van der Waals surface area (Å²) in [6.07, 6.45) is 1.89. The number of aryl methyl sites for hydroxylation is 3. The van der Waals surface area contributed by atoms with Crippen LogP contribution in [-0.2, 0) is 0 Å². The minimum atomic E-state index is -0.877. The summed E-state index contributed by atoms with van der Waals surface area (Å²) in [5, 5.41) is 11.7. The SMILES string of the molecule is [2H]C(C)(C)c1cccc(C([2H])(C)C)c1-c1ccc(-n2c(-c3cc(C)cc(C)c3O)nc3c(-c4cc(-c5ccccc5)cc(-c5cc(-c6ccc(C)cc6)ccn5)c4)cccc32)cc1. The monoisotopic (exact) mass is 795 g/mol. The van der Waals surface area contributed by atoms with Gasteiger partial charge in [0.05, 0.1) is 22.3 Å². The Kier molecular flexibility index (Phi) is 9.82. The Morgan fingerprint density at radius 3 is 1.87 bits per heavy atom. The standard InChI is InChI=1S/C57H51N3O/c1-35(2)48-15-11-16-49(36(3)4)54(48)42-23-25-47(26-24-42)60-53-18-12-17-50(55(53)59-57(60)51-30-38(6)29-39(7)56(51)61)45-31-44(40-13-9-8-10-14-40)32-46(33-45)52-34-43(27-28-58-52)41-21-19-37(5)20-22-41/h8-36,61H,1-7H3/i35D,36D. The summed E-state index contributed by atoms with van der Waals surface area (Å²) in [4.78, 5) is 10.4. The van der Waals surface area contributed by atoms with Crippen LogP contribution >= 0.6 is 0 Å². The summed E-state index contributed by atoms with van der Waals surface area (Å²) in [6.45, 7) is 13.7. The lowest BCUT2D eigenvalue weighted by molar-refractivity contribution is 0.472. The third-order valence-corrected chi connectivity index (χ3v) is 11.7. The number of phenols is 1. The van der Waals surface area contributed by atoms with E-state index in [2.05, 4.69) is 133 Å². The fourth-order valence-corrected chi connectivity index (χ4v) is 8.62. The number of nitrogens with zero attached hydrogens (tertiary/aromatic N) is 3. The number of para-hydroxylation sites is 1. The van der Waals surface area contributed by atoms with Gasteiger partial charge < -0.3 is 5.11 Å². The number of aromatic nitrogens is 3. The number of rotatable bonds is 9. The summed E-state index contributed by atoms with van der Waals surface area (Å²) in [7, 11) is 0. The Hall–Kier alpha value is -7.04. The maximum Gasteiger partial charge on any atom is 0.149 e. The molecular weight excluding hydrogens is 743 g/mol. The molecule has 4 heteroatoms. The van der Waals surface area contributed by atoms with Gasteiger partial charge in [-0.15, -0.1) is 0 Å². The lowest BCUT2D eigenvalue weighted by atomic mass is 9.85. The molecule has 0 amide bonds. The van der Waals surface area contributed by atoms with E-state index in [0.717, 1.165) is 94.7 Å². The molecule has 4 nitrogen and oxygen atoms in total. The predicted octanol–water partition coefficient (Wildman–Crippen LogP) is 15.3. The fourth-order valence-electron chi connectivity index (χ4n) is 8.62. The molecule has 300 valence electrons. The molecule has 9 rings (SSSR count). The molecule has 0 bridgehead atoms. The van der Waals surface area contributed by atoms with Crippen molar-refractivity contribution < 1.29 is 7.85 Å². The van der Waals surface area contributed by atoms with E-state index in [1.807, 2.05) is 84.1 Å². The molecule has 0 aliphatic carbocycles. The lowest BCUT2D eigenvalue weighted by Gasteiger charge is -2.20. The minimum Gasteiger partial charge on any atom is -0.507 e. The van der Waals surface area contributed by atoms with Gasteiger partial charge in [-0.2, -0.15) is 0 Å². The van der Waals surface area contributed by atoms with Gasteiger partial charge in [0.15, 0.2) is 0 Å². The third-order valence-electron chi connectivity index (χ3n) is 11.7. The first-order valence-corrected chi connectivity index (χ1v) is 21.0. The third kappa shape index (κ3) is 7.55. The van der Waals surface area contributed by atoms with Crippen molar-refractivity contribution in [3.63, 3.8) is 0 Å². The molecule has 0 unspecified atom stereocenters. The highest BCUT2D eigenvalue weighted by Crippen LogP contribution is 2.42. The van der Waals surface area contributed by atoms with Crippen molar-refractivity contribution in [3.8, 4) is 78.6 Å². The molecule has 0 aliphatic rings. The predicted molar refractivity (Wildman–Crippen MR) is 256 cm³/mol. The van der Waals surface area contributed by atoms with Crippen LogP contribution in [0.1, 0.15) is 70.0 Å². The van der Waals surface area contributed by atoms with Crippen LogP contribution < -0.4 is 0 Å². The molecule has 0 radical (unpaired) electrons. The van der Waals surface area contributed by atoms with E-state index >= 15 is 0 Å². The van der Waals surface area contributed by atoms with Crippen molar-refractivity contribution in [1.82, 2.24) is 14.5 Å². The normalized spacial score (nSPS) is 12.4. The Bertz CT molecular complexity index is 3120. The Morgan fingerprint density at radius 1 is 0.525 bits per heavy atom. The molecule has 0 saturated carbocycles. The summed E-state index contributed by atoms with van der Waals surface area (Å²) in [6, 6.07) is 54.5. The molecule has 7 aromatic carbocycles. The van der Waals surface area contributed by atoms with E-state index in [9.17, 15) is 5.11 Å². The van der Waals surface area contributed by atoms with E-state index < -0.39 is 11.8 Å². The molecule has 1 N–H and O–H groups in total. The molecule has 2 aromatic heterocycles. The van der Waals surface area contributed by atoms with E-state index in [1.165, 1.54) is 5.56 Å². The molecule has 9 aromatic rings. The zero-order valence-electron chi connectivity index (χ0n) is 37.9. The maximum atomic E-state index is 11.7. The van der Waals surface area contributed by atoms with E-state index in [4.69, 9.17) is 12.7 Å². The summed E-state index contributed by atoms with van der Waals surface area (Å²) < 4.78 is 20.2. The van der Waals surface area contributed by atoms with Crippen molar-refractivity contribution in [1.29, 1.82) is 0 Å². The van der Waals surface area contributed by atoms with Gasteiger partial charge in [0, 0.05) is 25.8 Å². The summed E-state index contributed by atoms with van der Waals surface area (Å²) in [5.41, 5.74) is 18.1. The highest BCUT2D eigenvalue weighted by atomic mass is 16.3. The number of fused-ring (bicyclic) bond motifs is 1. The number of imidazole rings is 1. The fraction of sp³-hybridized carbons (Fsp3) is 0.158. The number of hydrogen-bond acceptors (Lipinski definition) is 3. The number of phenolic OH excluding ortho intramolecular Hbond substituents is 1. The lowest BCUT2D eigenvalue weighted by Crippen LogP contribution is -2.01. The largest absolute Gasteiger partial charge is 0.507 e. The van der Waals surface area contributed by atoms with Crippen LogP contribution in [-0.4, -0.2) is 19.6 Å². The number of aromatic hydroxyl groups is 1. The number of hydrogen-bond donors (Lipinski definition) is 1. The van der Waals surface area contributed by atoms with Crippen LogP contribution in [0.25, 0.3) is 83.9 Å². The first kappa shape index (κ1) is 37.0. The average Bonchev–Trinajstić information content (AvgIpc) is 3.67. The second-order valence-electron chi connectivity index (χ2n) is 16.7. The van der Waals surface area contributed by atoms with E-state index in [1.54, 1.807) is 0 Å². The smallest absolute Gasteiger partial charge is 0.149 e. The van der Waals surface area contributed by atoms with Gasteiger partial charge in [-0.25, -0.2) is 4.98 Å². The van der Waals surface area contributed by atoms with Crippen molar-refractivity contribution in [3.05, 3.63) is 192 Å². The summed E-state index contributed by atoms with van der Waals surface area (Å²) >= 11 is 0. The molecule has 0 aliphatic heterocycles. The molecule has 0 fully saturated rings. The molecule has 2 heterocycles. The first-order valence-electron chi connectivity index (χ1n) is 22.0. The second-order valence-corrected chi connectivity index (χ2v) is 16.7. The average molecular weight is 796 g/mol. The molecule has 0 atom stereocenters. The van der Waals surface area contributed by atoms with Crippen LogP contribution in [0.4, 0.5) is 0 Å². The van der Waals surface area contributed by atoms with Gasteiger partial charge >= 0.3 is 0 Å². The molecular formula is C57H51N3O. The van der Waals surface area contributed by atoms with E-state index in [0.29, 0.717) is 11.4 Å². The highest BCUT2D eigenvalue weighted by molar-refractivity contribution is 5.98. The van der Waals surface area contributed by atoms with Crippen molar-refractivity contribution >= 4 is 11.0 Å². The van der Waals surface area contributed by atoms with Gasteiger partial charge in [-0.3, -0.25) is 9.55 Å². The van der Waals surface area contributed by atoms with Crippen LogP contribution in [0.5, 0.6) is 5.75 Å². The minimum absolute atomic E-state index is 0.192. The number of benzene rings is 7. The molecule has 61 heavy (non-hydrogen) atoms. The van der Waals surface area contributed by atoms with Crippen LogP contribution in [0, 0.1) is 20.8 Å². The first-order chi connectivity index (χ1) is 30.1.